The average molecular weight is 1780 g/mol. The van der Waals surface area contributed by atoms with Gasteiger partial charge in [-0.2, -0.15) is 20.4 Å². The van der Waals surface area contributed by atoms with Gasteiger partial charge in [0, 0.05) is 124 Å². The quantitative estimate of drug-likeness (QED) is 0.0620. The van der Waals surface area contributed by atoms with Gasteiger partial charge in [-0.1, -0.05) is 56.0 Å². The monoisotopic (exact) mass is 1770 g/mol. The van der Waals surface area contributed by atoms with Gasteiger partial charge in [-0.3, -0.25) is 51.4 Å². The molecule has 120 heavy (non-hydrogen) atoms. The number of halogens is 5. The Hall–Kier alpha value is -12.4. The Balaban J connectivity index is 0.000000143. The van der Waals surface area contributed by atoms with Crippen LogP contribution in [-0.2, 0) is 59.6 Å². The lowest BCUT2D eigenvalue weighted by Crippen LogP contribution is -2.39. The average Bonchev–Trinajstić information content (AvgIpc) is 1.53. The Labute approximate surface area is 702 Å². The van der Waals surface area contributed by atoms with Crippen molar-refractivity contribution in [1.29, 1.82) is 0 Å². The molecule has 1 amide bonds. The van der Waals surface area contributed by atoms with E-state index in [4.69, 9.17) is 24.2 Å². The minimum atomic E-state index is -1.03. The Morgan fingerprint density at radius 1 is 0.558 bits per heavy atom. The molecule has 4 N–H and O–H groups in total. The fourth-order valence-corrected chi connectivity index (χ4v) is 18.0. The summed E-state index contributed by atoms with van der Waals surface area (Å²) in [7, 11) is 3.31. The highest BCUT2D eigenvalue weighted by molar-refractivity contribution is 9.10. The second-order valence-electron chi connectivity index (χ2n) is 30.7. The van der Waals surface area contributed by atoms with Crippen molar-refractivity contribution < 1.29 is 42.0 Å². The molecule has 16 aromatic rings. The molecule has 4 aliphatic rings. The molecule has 6 aromatic carbocycles. The summed E-state index contributed by atoms with van der Waals surface area (Å²) in [5.41, 5.74) is 10.0. The predicted octanol–water partition coefficient (Wildman–Crippen LogP) is 12.1. The lowest BCUT2D eigenvalue weighted by molar-refractivity contribution is 0.0680. The maximum Gasteiger partial charge on any atom is 0.438 e. The van der Waals surface area contributed by atoms with Gasteiger partial charge in [0.15, 0.2) is 11.6 Å². The van der Waals surface area contributed by atoms with Crippen molar-refractivity contribution in [1.82, 2.24) is 97.0 Å². The molecule has 31 nitrogen and oxygen atoms in total. The number of hydrogen-bond acceptors (Lipinski definition) is 17. The number of aromatic carboxylic acids is 1. The summed E-state index contributed by atoms with van der Waals surface area (Å²) >= 11 is 6.98. The fraction of sp³-hybridized carbons (Fsp3) is 0.286. The van der Waals surface area contributed by atoms with E-state index in [0.717, 1.165) is 93.8 Å². The topological polar surface area (TPSA) is 341 Å². The Morgan fingerprint density at radius 2 is 0.992 bits per heavy atom. The highest BCUT2D eigenvalue weighted by atomic mass is 79.9. The van der Waals surface area contributed by atoms with Crippen LogP contribution < -0.4 is 28.2 Å². The first-order valence-electron chi connectivity index (χ1n) is 38.6. The molecule has 0 unspecified atom stereocenters. The number of amides is 1. The van der Waals surface area contributed by atoms with Crippen LogP contribution in [0.4, 0.5) is 8.78 Å². The van der Waals surface area contributed by atoms with Gasteiger partial charge in [-0.15, -0.1) is 12.4 Å². The Morgan fingerprint density at radius 3 is 1.43 bits per heavy atom. The van der Waals surface area contributed by atoms with Crippen molar-refractivity contribution in [3.05, 3.63) is 277 Å². The SMILES string of the molecule is COCCn1ncc2cc(-n3ccn(-c4c5c(nn4-c4cc(C)c(F)c(C)c4)CCN(C(=O)c4cc6cc(Br)ccc6n4[C@@]4(c6noc(=O)[nH]6)C[C@@H]4C)C5)c3=O)ccc21.COCCn1ncc2cc(-n3ccn(-c4c5c(nn4-c4cc(C)c(F)c(C)c4)CCNC5)c3=O)ccc21.C[C@H]1C[C@]1(c1noc(=O)[nH]1)n1c(C(=O)O)cc2cc(Br)ccc21.Cl. The number of aromatic amines is 2. The van der Waals surface area contributed by atoms with E-state index in [1.165, 1.54) is 4.57 Å². The van der Waals surface area contributed by atoms with Crippen molar-refractivity contribution in [2.75, 3.05) is 40.5 Å². The van der Waals surface area contributed by atoms with Gasteiger partial charge in [0.25, 0.3) is 5.91 Å². The molecule has 0 spiro atoms. The van der Waals surface area contributed by atoms with Crippen molar-refractivity contribution in [3.8, 4) is 34.4 Å². The molecule has 0 saturated heterocycles. The van der Waals surface area contributed by atoms with Crippen LogP contribution in [0, 0.1) is 51.2 Å². The first-order valence-corrected chi connectivity index (χ1v) is 40.2. The number of nitrogens with zero attached hydrogens (tertiary/aromatic N) is 17. The second-order valence-corrected chi connectivity index (χ2v) is 32.6. The molecule has 2 saturated carbocycles. The second kappa shape index (κ2) is 31.1. The smallest absolute Gasteiger partial charge is 0.438 e. The number of imidazole rings is 2. The van der Waals surface area contributed by atoms with E-state index in [1.54, 1.807) is 142 Å². The number of ether oxygens (including phenoxy) is 2. The van der Waals surface area contributed by atoms with Gasteiger partial charge in [0.05, 0.1) is 90.4 Å². The van der Waals surface area contributed by atoms with E-state index in [1.807, 2.05) is 99.7 Å². The summed E-state index contributed by atoms with van der Waals surface area (Å²) in [5.74, 6) is -1.09. The van der Waals surface area contributed by atoms with Gasteiger partial charge < -0.3 is 33.9 Å². The van der Waals surface area contributed by atoms with Crippen LogP contribution >= 0.6 is 44.3 Å². The number of benzene rings is 6. The number of carbonyl (C=O) groups excluding carboxylic acids is 1. The molecule has 2 fully saturated rings. The largest absolute Gasteiger partial charge is 0.477 e. The Kier molecular flexibility index (Phi) is 20.7. The zero-order chi connectivity index (χ0) is 82.9. The molecule has 616 valence electrons. The van der Waals surface area contributed by atoms with E-state index < -0.39 is 28.6 Å². The first kappa shape index (κ1) is 80.0. The first-order chi connectivity index (χ1) is 57.3. The summed E-state index contributed by atoms with van der Waals surface area (Å²) < 4.78 is 68.4. The Bertz CT molecular complexity index is 7010. The third-order valence-electron chi connectivity index (χ3n) is 23.3. The van der Waals surface area contributed by atoms with Crippen LogP contribution in [0.2, 0.25) is 0 Å². The number of nitrogens with one attached hydrogen (secondary N) is 3. The van der Waals surface area contributed by atoms with Crippen LogP contribution in [0.5, 0.6) is 0 Å². The zero-order valence-corrected chi connectivity index (χ0v) is 70.0. The maximum atomic E-state index is 15.0. The molecule has 2 aliphatic carbocycles. The lowest BCUT2D eigenvalue weighted by atomic mass is 10.1. The van der Waals surface area contributed by atoms with Crippen molar-refractivity contribution in [2.45, 2.75) is 104 Å². The lowest BCUT2D eigenvalue weighted by Gasteiger charge is -2.29. The van der Waals surface area contributed by atoms with Crippen LogP contribution in [-0.4, -0.2) is 149 Å². The number of carbonyl (C=O) groups is 2. The number of carboxylic acid groups (broad SMARTS) is 1. The van der Waals surface area contributed by atoms with Crippen LogP contribution in [0.15, 0.2) is 184 Å². The molecule has 2 aliphatic heterocycles. The van der Waals surface area contributed by atoms with Gasteiger partial charge in [0.1, 0.15) is 45.7 Å². The van der Waals surface area contributed by atoms with E-state index in [9.17, 15) is 42.7 Å². The third kappa shape index (κ3) is 13.6. The van der Waals surface area contributed by atoms with Gasteiger partial charge >= 0.3 is 28.9 Å². The van der Waals surface area contributed by atoms with Crippen LogP contribution in [0.3, 0.4) is 0 Å². The number of hydrogen-bond donors (Lipinski definition) is 4. The molecule has 0 radical (unpaired) electrons. The van der Waals surface area contributed by atoms with Crippen molar-refractivity contribution in [3.63, 3.8) is 0 Å². The van der Waals surface area contributed by atoms with E-state index >= 15 is 0 Å². The van der Waals surface area contributed by atoms with Gasteiger partial charge in [0.2, 0.25) is 0 Å². The molecule has 0 bridgehead atoms. The molecule has 12 heterocycles. The van der Waals surface area contributed by atoms with Crippen LogP contribution in [0.25, 0.3) is 78.0 Å². The third-order valence-corrected chi connectivity index (χ3v) is 24.3. The van der Waals surface area contributed by atoms with Crippen molar-refractivity contribution in [2.24, 2.45) is 11.8 Å². The van der Waals surface area contributed by atoms with Gasteiger partial charge in [-0.05, 0) is 184 Å². The minimum absolute atomic E-state index is 0. The summed E-state index contributed by atoms with van der Waals surface area (Å²) in [4.78, 5) is 85.7. The van der Waals surface area contributed by atoms with E-state index in [0.29, 0.717) is 127 Å². The van der Waals surface area contributed by atoms with Crippen molar-refractivity contribution >= 4 is 99.8 Å². The molecule has 10 aromatic heterocycles. The minimum Gasteiger partial charge on any atom is -0.477 e. The number of methoxy groups -OCH3 is 2. The summed E-state index contributed by atoms with van der Waals surface area (Å²) in [5, 5.41) is 43.2. The van der Waals surface area contributed by atoms with E-state index in [-0.39, 0.29) is 65.4 Å². The number of rotatable bonds is 18. The number of fused-ring (bicyclic) bond motifs is 6. The standard InChI is InChI=1S/C42H38BrFN10O5.C27H28FN7O2.C15H12BrN3O4.ClH/c1-23-15-30(16-24(2)36(23)44)54-37(51-12-11-50(41(51)57)29-6-8-33-27(18-29)21-45-52(33)13-14-58-4)31-22-49(10-9-32(31)47-54)38(55)35-19-26-17-28(43)5-7-34(26)53(35)42(20-25(42)3)39-46-40(56)59-48-39;1-17-12-21(13-18(2)25(17)28)35-26(22-16-29-7-6-23(22)31-35)33-9-8-32(27(33)36)20-4-5-24-19(14-20)15-30-34(24)10-11-37-3;1-7-6-15(7,13-17-14(22)23-18-13)19-10-3-2-9(16)4-8(10)5-11(19)12(20)21;/h5-8,11-12,15-19,21,25H,9-10,13-14,20,22H2,1-4H3,(H,46,48,56);4-5,8-9,12-15,29H,6-7,10-11,16H2,1-3H3;2-5,7H,6H2,1H3,(H,20,21)(H,17,18,22);1H/t25-,42-;;7-,15-;/m0.0./s1. The highest BCUT2D eigenvalue weighted by Gasteiger charge is 2.60. The van der Waals surface area contributed by atoms with Crippen LogP contribution in [0.1, 0.15) is 104 Å². The normalized spacial score (nSPS) is 17.3. The predicted molar refractivity (Wildman–Crippen MR) is 449 cm³/mol. The summed E-state index contributed by atoms with van der Waals surface area (Å²) in [6, 6.07) is 33.5. The molecule has 36 heteroatoms. The summed E-state index contributed by atoms with van der Waals surface area (Å²) in [6.07, 6.45) is 13.0. The van der Waals surface area contributed by atoms with E-state index in [2.05, 4.69) is 79.1 Å². The number of aromatic nitrogens is 18. The molecule has 20 rings (SSSR count). The number of H-pyrrole nitrogens is 2. The summed E-state index contributed by atoms with van der Waals surface area (Å²) in [6.45, 7) is 15.2. The highest BCUT2D eigenvalue weighted by Crippen LogP contribution is 2.57. The molecular weight excluding hydrogens is 1700 g/mol. The maximum absolute atomic E-state index is 15.0. The number of aryl methyl sites for hydroxylation is 4. The molecular formula is C84H79Br2ClF2N20O11. The van der Waals surface area contributed by atoms with Gasteiger partial charge in [-0.25, -0.2) is 42.1 Å². The number of carboxylic acids is 1. The fourth-order valence-electron chi connectivity index (χ4n) is 17.2. The molecule has 4 atom stereocenters. The zero-order valence-electron chi connectivity index (χ0n) is 66.0.